The van der Waals surface area contributed by atoms with Gasteiger partial charge in [0.2, 0.25) is 0 Å². The van der Waals surface area contributed by atoms with Gasteiger partial charge in [-0.05, 0) is 12.1 Å². The van der Waals surface area contributed by atoms with Gasteiger partial charge in [0.15, 0.2) is 0 Å². The normalized spacial score (nSPS) is 13.5. The number of fused-ring (bicyclic) bond motifs is 1. The summed E-state index contributed by atoms with van der Waals surface area (Å²) in [5, 5.41) is 1.88. The second kappa shape index (κ2) is 7.56. The van der Waals surface area contributed by atoms with Crippen LogP contribution in [0.25, 0.3) is 33.2 Å². The summed E-state index contributed by atoms with van der Waals surface area (Å²) in [5.41, 5.74) is 4.50. The van der Waals surface area contributed by atoms with Crippen molar-refractivity contribution < 1.29 is 9.59 Å². The fourth-order valence-corrected chi connectivity index (χ4v) is 8.55. The molecule has 0 bridgehead atoms. The van der Waals surface area contributed by atoms with E-state index in [0.717, 1.165) is 33.2 Å². The number of carbonyl (C=O) groups excluding carboxylic acids is 2. The summed E-state index contributed by atoms with van der Waals surface area (Å²) in [7, 11) is 0. The van der Waals surface area contributed by atoms with Crippen LogP contribution in [0.5, 0.6) is 0 Å². The number of nitrogens with zero attached hydrogens (tertiary/aromatic N) is 2. The van der Waals surface area contributed by atoms with Crippen molar-refractivity contribution in [2.75, 3.05) is 4.90 Å². The molecule has 1 aliphatic rings. The van der Waals surface area contributed by atoms with Crippen LogP contribution in [0.3, 0.4) is 0 Å². The van der Waals surface area contributed by atoms with E-state index in [4.69, 9.17) is 0 Å². The monoisotopic (exact) mass is 539 g/mol. The van der Waals surface area contributed by atoms with E-state index in [1.165, 1.54) is 8.48 Å². The molecule has 0 spiro atoms. The number of anilines is 1. The van der Waals surface area contributed by atoms with E-state index < -0.39 is 19.8 Å². The molecule has 6 rings (SSSR count). The molecule has 5 nitrogen and oxygen atoms in total. The Labute approximate surface area is 197 Å². The molecule has 0 atom stereocenters. The zero-order valence-corrected chi connectivity index (χ0v) is 21.6. The summed E-state index contributed by atoms with van der Waals surface area (Å²) >= 11 is -1.84. The van der Waals surface area contributed by atoms with Crippen LogP contribution in [-0.4, -0.2) is 41.5 Å². The molecule has 0 aliphatic carbocycles. The van der Waals surface area contributed by atoms with Crippen LogP contribution in [0.2, 0.25) is 9.88 Å². The Morgan fingerprint density at radius 3 is 2.24 bits per heavy atom. The first-order valence-corrected chi connectivity index (χ1v) is 19.3. The number of aromatic nitrogens is 2. The van der Waals surface area contributed by atoms with Crippen LogP contribution in [-0.2, 0) is 0 Å². The van der Waals surface area contributed by atoms with E-state index in [9.17, 15) is 9.59 Å². The van der Waals surface area contributed by atoms with Gasteiger partial charge in [0.25, 0.3) is 0 Å². The fourth-order valence-electron chi connectivity index (χ4n) is 4.71. The minimum atomic E-state index is -1.84. The summed E-state index contributed by atoms with van der Waals surface area (Å²) < 4.78 is 1.35. The van der Waals surface area contributed by atoms with E-state index >= 15 is 0 Å². The molecule has 33 heavy (non-hydrogen) atoms. The molecule has 160 valence electrons. The molecule has 0 saturated carbocycles. The number of imide groups is 1. The second-order valence-electron chi connectivity index (χ2n) is 8.68. The van der Waals surface area contributed by atoms with Crippen molar-refractivity contribution in [3.8, 4) is 11.4 Å². The van der Waals surface area contributed by atoms with Gasteiger partial charge in [-0.2, -0.15) is 0 Å². The van der Waals surface area contributed by atoms with Crippen LogP contribution in [0.1, 0.15) is 20.7 Å². The van der Waals surface area contributed by atoms with E-state index in [0.29, 0.717) is 16.8 Å². The number of nitrogens with one attached hydrogen (secondary N) is 1. The zero-order valence-electron chi connectivity index (χ0n) is 18.3. The number of imidazole rings is 1. The quantitative estimate of drug-likeness (QED) is 0.263. The van der Waals surface area contributed by atoms with Gasteiger partial charge in [0, 0.05) is 0 Å². The predicted molar refractivity (Wildman–Crippen MR) is 135 cm³/mol. The predicted octanol–water partition coefficient (Wildman–Crippen LogP) is 4.88. The topological polar surface area (TPSA) is 66.1 Å². The molecule has 1 aromatic heterocycles. The fraction of sp³-hybridized carbons (Fsp3) is 0.0741. The molecular weight excluding hydrogens is 517 g/mol. The van der Waals surface area contributed by atoms with Crippen molar-refractivity contribution in [3.05, 3.63) is 90.0 Å². The van der Waals surface area contributed by atoms with Crippen molar-refractivity contribution in [1.82, 2.24) is 9.97 Å². The average Bonchev–Trinajstić information content (AvgIpc) is 3.27. The molecule has 4 aromatic carbocycles. The second-order valence-corrected chi connectivity index (χ2v) is 17.0. The van der Waals surface area contributed by atoms with Gasteiger partial charge in [-0.1, -0.05) is 12.1 Å². The first-order chi connectivity index (χ1) is 16.0. The van der Waals surface area contributed by atoms with Gasteiger partial charge in [0.1, 0.15) is 0 Å². The summed E-state index contributed by atoms with van der Waals surface area (Å²) in [6, 6.07) is 25.1. The number of para-hydroxylation sites is 2. The molecule has 0 unspecified atom stereocenters. The van der Waals surface area contributed by atoms with Crippen molar-refractivity contribution in [2.45, 2.75) is 9.88 Å². The van der Waals surface area contributed by atoms with Crippen LogP contribution < -0.4 is 8.48 Å². The summed E-state index contributed by atoms with van der Waals surface area (Å²) in [5.74, 6) is 0.207. The van der Waals surface area contributed by atoms with Gasteiger partial charge in [-0.25, -0.2) is 0 Å². The molecule has 0 fully saturated rings. The SMILES string of the molecule is [CH3][SnH]([CH3])[c]1ccc2c3c(cccc13)C(=O)N(c1ccc(-c3nc4ccccc4[nH]3)cc1)C2=O. The number of rotatable bonds is 3. The van der Waals surface area contributed by atoms with Crippen LogP contribution >= 0.6 is 0 Å². The third kappa shape index (κ3) is 3.10. The molecule has 6 heteroatoms. The first-order valence-electron chi connectivity index (χ1n) is 11.0. The molecule has 0 radical (unpaired) electrons. The Morgan fingerprint density at radius 2 is 1.52 bits per heavy atom. The van der Waals surface area contributed by atoms with Crippen molar-refractivity contribution in [2.24, 2.45) is 0 Å². The van der Waals surface area contributed by atoms with E-state index in [1.807, 2.05) is 72.8 Å². The van der Waals surface area contributed by atoms with Crippen molar-refractivity contribution in [1.29, 1.82) is 0 Å². The number of benzene rings is 4. The molecule has 2 heterocycles. The Balaban J connectivity index is 1.42. The summed E-state index contributed by atoms with van der Waals surface area (Å²) in [6.45, 7) is 0. The Morgan fingerprint density at radius 1 is 0.788 bits per heavy atom. The number of H-pyrrole nitrogens is 1. The van der Waals surface area contributed by atoms with E-state index in [2.05, 4.69) is 25.9 Å². The third-order valence-corrected chi connectivity index (χ3v) is 11.3. The summed E-state index contributed by atoms with van der Waals surface area (Å²) in [6.07, 6.45) is 0. The van der Waals surface area contributed by atoms with Gasteiger partial charge in [-0.15, -0.1) is 0 Å². The standard InChI is InChI=1S/C25H14N3O2.2CH3.Sn.H/c29-24-18-7-3-5-15-6-4-8-19(22(15)18)25(30)28(24)17-13-11-16(12-14-17)23-26-20-9-1-2-10-21(20)27-23;;;;/h1-5,7-14H,(H,26,27);2*1H3;;. The number of carbonyl (C=O) groups is 2. The average molecular weight is 538 g/mol. The maximum atomic E-state index is 13.5. The van der Waals surface area contributed by atoms with Crippen LogP contribution in [0, 0.1) is 0 Å². The summed E-state index contributed by atoms with van der Waals surface area (Å²) in [4.78, 5) is 40.8. The Kier molecular flexibility index (Phi) is 4.62. The van der Waals surface area contributed by atoms with Gasteiger partial charge in [0.05, 0.1) is 11.0 Å². The molecular formula is C27H21N3O2Sn. The van der Waals surface area contributed by atoms with Gasteiger partial charge >= 0.3 is 163 Å². The number of amides is 2. The van der Waals surface area contributed by atoms with E-state index in [1.54, 1.807) is 0 Å². The van der Waals surface area contributed by atoms with Crippen molar-refractivity contribution >= 4 is 62.6 Å². The molecule has 5 aromatic rings. The van der Waals surface area contributed by atoms with E-state index in [-0.39, 0.29) is 11.8 Å². The molecule has 1 aliphatic heterocycles. The minimum absolute atomic E-state index is 0.273. The van der Waals surface area contributed by atoms with Gasteiger partial charge < -0.3 is 0 Å². The Bertz CT molecular complexity index is 1530. The van der Waals surface area contributed by atoms with Crippen LogP contribution in [0.4, 0.5) is 5.69 Å². The maximum absolute atomic E-state index is 13.5. The zero-order chi connectivity index (χ0) is 22.7. The number of hydrogen-bond acceptors (Lipinski definition) is 3. The number of hydrogen-bond donors (Lipinski definition) is 1. The van der Waals surface area contributed by atoms with Crippen LogP contribution in [0.15, 0.2) is 78.9 Å². The van der Waals surface area contributed by atoms with Gasteiger partial charge in [-0.3, -0.25) is 0 Å². The molecule has 2 amide bonds. The first kappa shape index (κ1) is 20.2. The Hall–Kier alpha value is -3.45. The third-order valence-electron chi connectivity index (χ3n) is 6.35. The number of aromatic amines is 1. The molecule has 1 N–H and O–H groups in total. The van der Waals surface area contributed by atoms with Crippen molar-refractivity contribution in [3.63, 3.8) is 0 Å². The molecule has 0 saturated heterocycles.